The Bertz CT molecular complexity index is 766. The van der Waals surface area contributed by atoms with Gasteiger partial charge in [-0.2, -0.15) is 0 Å². The van der Waals surface area contributed by atoms with Gasteiger partial charge in [0.05, 0.1) is 0 Å². The molecule has 2 aromatic carbocycles. The lowest BCUT2D eigenvalue weighted by Crippen LogP contribution is -2.36. The van der Waals surface area contributed by atoms with Crippen molar-refractivity contribution in [3.05, 3.63) is 54.6 Å². The zero-order valence-electron chi connectivity index (χ0n) is 16.0. The number of amides is 2. The van der Waals surface area contributed by atoms with Gasteiger partial charge in [-0.3, -0.25) is 9.59 Å². The van der Waals surface area contributed by atoms with Crippen molar-refractivity contribution < 1.29 is 9.59 Å². The number of carbonyl (C=O) groups is 2. The molecule has 1 N–H and O–H groups in total. The number of anilines is 3. The van der Waals surface area contributed by atoms with Crippen LogP contribution in [0.25, 0.3) is 0 Å². The number of piperidine rings is 1. The molecule has 0 atom stereocenters. The molecule has 0 aromatic heterocycles. The predicted molar refractivity (Wildman–Crippen MR) is 110 cm³/mol. The Labute approximate surface area is 161 Å². The summed E-state index contributed by atoms with van der Waals surface area (Å²) in [5.41, 5.74) is 2.63. The Balaban J connectivity index is 1.66. The van der Waals surface area contributed by atoms with Gasteiger partial charge in [-0.15, -0.1) is 0 Å². The van der Waals surface area contributed by atoms with Crippen LogP contribution < -0.4 is 15.1 Å². The van der Waals surface area contributed by atoms with Gasteiger partial charge in [-0.05, 0) is 55.2 Å². The molecule has 1 heterocycles. The highest BCUT2D eigenvalue weighted by Crippen LogP contribution is 2.25. The van der Waals surface area contributed by atoms with Gasteiger partial charge in [0.1, 0.15) is 6.54 Å². The molecule has 0 spiro atoms. The summed E-state index contributed by atoms with van der Waals surface area (Å²) >= 11 is 0. The quantitative estimate of drug-likeness (QED) is 0.874. The molecular formula is C22H27N3O2. The molecule has 1 aliphatic heterocycles. The summed E-state index contributed by atoms with van der Waals surface area (Å²) in [4.78, 5) is 28.3. The molecule has 0 radical (unpaired) electrons. The number of benzene rings is 2. The molecule has 0 bridgehead atoms. The van der Waals surface area contributed by atoms with Crippen molar-refractivity contribution in [1.82, 2.24) is 0 Å². The highest BCUT2D eigenvalue weighted by Gasteiger charge is 2.18. The normalized spacial score (nSPS) is 14.7. The van der Waals surface area contributed by atoms with Crippen molar-refractivity contribution in [3.8, 4) is 0 Å². The minimum Gasteiger partial charge on any atom is -0.372 e. The van der Waals surface area contributed by atoms with Gasteiger partial charge >= 0.3 is 0 Å². The van der Waals surface area contributed by atoms with Crippen LogP contribution >= 0.6 is 0 Å². The monoisotopic (exact) mass is 365 g/mol. The molecule has 1 saturated heterocycles. The first-order chi connectivity index (χ1) is 13.0. The van der Waals surface area contributed by atoms with Crippen LogP contribution in [0.5, 0.6) is 0 Å². The van der Waals surface area contributed by atoms with Crippen molar-refractivity contribution >= 4 is 28.9 Å². The van der Waals surface area contributed by atoms with Gasteiger partial charge in [0.25, 0.3) is 0 Å². The van der Waals surface area contributed by atoms with Crippen LogP contribution in [0.2, 0.25) is 0 Å². The number of carbonyl (C=O) groups excluding carboxylic acids is 2. The summed E-state index contributed by atoms with van der Waals surface area (Å²) in [5.74, 6) is 0.417. The van der Waals surface area contributed by atoms with Crippen molar-refractivity contribution in [3.63, 3.8) is 0 Å². The maximum atomic E-state index is 12.3. The van der Waals surface area contributed by atoms with Gasteiger partial charge in [0.15, 0.2) is 0 Å². The van der Waals surface area contributed by atoms with Gasteiger partial charge in [0, 0.05) is 37.1 Å². The summed E-state index contributed by atoms with van der Waals surface area (Å²) in [6, 6.07) is 17.2. The second kappa shape index (κ2) is 8.71. The molecule has 5 nitrogen and oxygen atoms in total. The predicted octanol–water partition coefficient (Wildman–Crippen LogP) is 3.91. The van der Waals surface area contributed by atoms with Crippen LogP contribution in [0, 0.1) is 5.92 Å². The van der Waals surface area contributed by atoms with E-state index in [1.54, 1.807) is 0 Å². The van der Waals surface area contributed by atoms with Crippen LogP contribution in [-0.2, 0) is 9.59 Å². The van der Waals surface area contributed by atoms with Gasteiger partial charge in [0.2, 0.25) is 11.8 Å². The smallest absolute Gasteiger partial charge is 0.244 e. The van der Waals surface area contributed by atoms with E-state index >= 15 is 0 Å². The Morgan fingerprint density at radius 3 is 2.26 bits per heavy atom. The summed E-state index contributed by atoms with van der Waals surface area (Å²) in [5, 5.41) is 2.82. The lowest BCUT2D eigenvalue weighted by Gasteiger charge is -2.32. The third-order valence-corrected chi connectivity index (χ3v) is 5.05. The molecule has 142 valence electrons. The standard InChI is InChI=1S/C22H27N3O2/c1-17-12-14-24(15-13-17)20-8-10-21(11-9-20)25(18(2)26)16-22(27)23-19-6-4-3-5-7-19/h3-11,17H,12-16H2,1-2H3,(H,23,27). The van der Waals surface area contributed by atoms with Crippen LogP contribution in [0.15, 0.2) is 54.6 Å². The van der Waals surface area contributed by atoms with Crippen LogP contribution in [0.3, 0.4) is 0 Å². The first kappa shape index (κ1) is 19.0. The number of para-hydroxylation sites is 1. The Morgan fingerprint density at radius 2 is 1.67 bits per heavy atom. The second-order valence-corrected chi connectivity index (χ2v) is 7.21. The molecule has 1 fully saturated rings. The summed E-state index contributed by atoms with van der Waals surface area (Å²) in [7, 11) is 0. The molecular weight excluding hydrogens is 338 g/mol. The Kier molecular flexibility index (Phi) is 6.12. The van der Waals surface area contributed by atoms with Crippen molar-refractivity contribution in [2.75, 3.05) is 34.8 Å². The minimum absolute atomic E-state index is 0.00912. The fraction of sp³-hybridized carbons (Fsp3) is 0.364. The SMILES string of the molecule is CC(=O)N(CC(=O)Nc1ccccc1)c1ccc(N2CCC(C)CC2)cc1. The van der Waals surface area contributed by atoms with Crippen LogP contribution in [0.1, 0.15) is 26.7 Å². The van der Waals surface area contributed by atoms with E-state index in [1.165, 1.54) is 30.4 Å². The first-order valence-corrected chi connectivity index (χ1v) is 9.51. The van der Waals surface area contributed by atoms with Crippen molar-refractivity contribution in [2.24, 2.45) is 5.92 Å². The van der Waals surface area contributed by atoms with E-state index in [4.69, 9.17) is 0 Å². The lowest BCUT2D eigenvalue weighted by molar-refractivity contribution is -0.120. The average molecular weight is 365 g/mol. The largest absolute Gasteiger partial charge is 0.372 e. The third-order valence-electron chi connectivity index (χ3n) is 5.05. The van der Waals surface area contributed by atoms with Crippen LogP contribution in [0.4, 0.5) is 17.1 Å². The lowest BCUT2D eigenvalue weighted by atomic mass is 9.99. The zero-order chi connectivity index (χ0) is 19.2. The van der Waals surface area contributed by atoms with E-state index in [9.17, 15) is 9.59 Å². The van der Waals surface area contributed by atoms with Gasteiger partial charge in [-0.25, -0.2) is 0 Å². The Morgan fingerprint density at radius 1 is 1.04 bits per heavy atom. The second-order valence-electron chi connectivity index (χ2n) is 7.21. The van der Waals surface area contributed by atoms with E-state index in [0.29, 0.717) is 0 Å². The fourth-order valence-corrected chi connectivity index (χ4v) is 3.36. The average Bonchev–Trinajstić information content (AvgIpc) is 2.67. The summed E-state index contributed by atoms with van der Waals surface area (Å²) in [6.45, 7) is 5.90. The molecule has 5 heteroatoms. The molecule has 2 amide bonds. The molecule has 1 aliphatic rings. The molecule has 2 aromatic rings. The first-order valence-electron chi connectivity index (χ1n) is 9.51. The number of rotatable bonds is 5. The fourth-order valence-electron chi connectivity index (χ4n) is 3.36. The molecule has 0 unspecified atom stereocenters. The highest BCUT2D eigenvalue weighted by atomic mass is 16.2. The molecule has 3 rings (SSSR count). The molecule has 0 aliphatic carbocycles. The van der Waals surface area contributed by atoms with E-state index < -0.39 is 0 Å². The number of nitrogens with one attached hydrogen (secondary N) is 1. The maximum absolute atomic E-state index is 12.3. The Hall–Kier alpha value is -2.82. The maximum Gasteiger partial charge on any atom is 0.244 e. The van der Waals surface area contributed by atoms with E-state index in [-0.39, 0.29) is 18.4 Å². The van der Waals surface area contributed by atoms with Crippen molar-refractivity contribution in [2.45, 2.75) is 26.7 Å². The van der Waals surface area contributed by atoms with E-state index in [1.807, 2.05) is 54.6 Å². The third kappa shape index (κ3) is 5.09. The summed E-state index contributed by atoms with van der Waals surface area (Å²) < 4.78 is 0. The zero-order valence-corrected chi connectivity index (χ0v) is 16.0. The van der Waals surface area contributed by atoms with Crippen molar-refractivity contribution in [1.29, 1.82) is 0 Å². The molecule has 27 heavy (non-hydrogen) atoms. The number of hydrogen-bond acceptors (Lipinski definition) is 3. The van der Waals surface area contributed by atoms with Gasteiger partial charge < -0.3 is 15.1 Å². The van der Waals surface area contributed by atoms with E-state index in [2.05, 4.69) is 17.1 Å². The highest BCUT2D eigenvalue weighted by molar-refractivity contribution is 6.01. The number of hydrogen-bond donors (Lipinski definition) is 1. The molecule has 0 saturated carbocycles. The van der Waals surface area contributed by atoms with E-state index in [0.717, 1.165) is 30.4 Å². The van der Waals surface area contributed by atoms with Crippen LogP contribution in [-0.4, -0.2) is 31.4 Å². The summed E-state index contributed by atoms with van der Waals surface area (Å²) in [6.07, 6.45) is 2.42. The van der Waals surface area contributed by atoms with Gasteiger partial charge in [-0.1, -0.05) is 25.1 Å². The topological polar surface area (TPSA) is 52.7 Å². The minimum atomic E-state index is -0.217. The number of nitrogens with zero attached hydrogens (tertiary/aromatic N) is 2.